The summed E-state index contributed by atoms with van der Waals surface area (Å²) in [5, 5.41) is 12.1. The third-order valence-electron chi connectivity index (χ3n) is 3.20. The summed E-state index contributed by atoms with van der Waals surface area (Å²) in [4.78, 5) is 23.1. The van der Waals surface area contributed by atoms with E-state index in [1.807, 2.05) is 13.8 Å². The lowest BCUT2D eigenvalue weighted by molar-refractivity contribution is -0.142. The molecule has 1 amide bonds. The van der Waals surface area contributed by atoms with Gasteiger partial charge in [0.1, 0.15) is 6.04 Å². The van der Waals surface area contributed by atoms with Crippen LogP contribution in [0.4, 0.5) is 0 Å². The normalized spacial score (nSPS) is 22.2. The summed E-state index contributed by atoms with van der Waals surface area (Å²) in [6, 6.07) is -1.45. The highest BCUT2D eigenvalue weighted by atomic mass is 32.2. The molecular weight excluding hydrogens is 264 g/mol. The first-order valence-electron chi connectivity index (χ1n) is 6.80. The Morgan fingerprint density at radius 1 is 1.47 bits per heavy atom. The number of carbonyl (C=O) groups excluding carboxylic acids is 1. The molecule has 0 saturated carbocycles. The van der Waals surface area contributed by atoms with Gasteiger partial charge in [0.2, 0.25) is 5.91 Å². The third-order valence-corrected chi connectivity index (χ3v) is 4.62. The molecule has 0 spiro atoms. The monoisotopic (exact) mass is 288 g/mol. The molecule has 1 fully saturated rings. The Morgan fingerprint density at radius 3 is 2.63 bits per heavy atom. The van der Waals surface area contributed by atoms with E-state index in [-0.39, 0.29) is 5.91 Å². The van der Waals surface area contributed by atoms with Crippen LogP contribution in [0, 0.1) is 5.92 Å². The second kappa shape index (κ2) is 7.75. The Balaban J connectivity index is 2.47. The number of thioether (sulfide) groups is 1. The van der Waals surface area contributed by atoms with Crippen molar-refractivity contribution in [3.8, 4) is 0 Å². The fraction of sp³-hybridized carbons (Fsp3) is 0.846. The number of hydrogen-bond acceptors (Lipinski definition) is 4. The van der Waals surface area contributed by atoms with Crippen LogP contribution in [-0.4, -0.2) is 40.1 Å². The zero-order valence-electron chi connectivity index (χ0n) is 11.6. The predicted octanol–water partition coefficient (Wildman–Crippen LogP) is 1.21. The SMILES string of the molecule is CC(C)C[C@H](N)C(=O)N[C@@H](C[C@H]1CCCS1)C(=O)O. The Kier molecular flexibility index (Phi) is 6.65. The number of rotatable bonds is 7. The maximum atomic E-state index is 11.9. The van der Waals surface area contributed by atoms with E-state index >= 15 is 0 Å². The number of carboxylic acid groups (broad SMARTS) is 1. The van der Waals surface area contributed by atoms with E-state index in [4.69, 9.17) is 5.73 Å². The summed E-state index contributed by atoms with van der Waals surface area (Å²) in [6.45, 7) is 3.97. The second-order valence-electron chi connectivity index (χ2n) is 5.51. The fourth-order valence-corrected chi connectivity index (χ4v) is 3.54. The van der Waals surface area contributed by atoms with Crippen molar-refractivity contribution in [2.45, 2.75) is 56.9 Å². The molecule has 1 aliphatic heterocycles. The van der Waals surface area contributed by atoms with Gasteiger partial charge in [0, 0.05) is 5.25 Å². The first-order chi connectivity index (χ1) is 8.90. The highest BCUT2D eigenvalue weighted by Gasteiger charge is 2.28. The zero-order chi connectivity index (χ0) is 14.4. The van der Waals surface area contributed by atoms with Crippen LogP contribution in [0.5, 0.6) is 0 Å². The molecule has 0 unspecified atom stereocenters. The summed E-state index contributed by atoms with van der Waals surface area (Å²) in [7, 11) is 0. The molecule has 6 heteroatoms. The van der Waals surface area contributed by atoms with Crippen LogP contribution < -0.4 is 11.1 Å². The number of hydrogen-bond donors (Lipinski definition) is 3. The predicted molar refractivity (Wildman–Crippen MR) is 77.1 cm³/mol. The molecule has 4 N–H and O–H groups in total. The van der Waals surface area contributed by atoms with Gasteiger partial charge in [-0.3, -0.25) is 4.79 Å². The Labute approximate surface area is 118 Å². The first kappa shape index (κ1) is 16.3. The number of carbonyl (C=O) groups is 2. The lowest BCUT2D eigenvalue weighted by atomic mass is 10.0. The Bertz CT molecular complexity index is 317. The molecule has 1 heterocycles. The molecule has 0 aliphatic carbocycles. The third kappa shape index (κ3) is 5.82. The molecule has 5 nitrogen and oxygen atoms in total. The number of nitrogens with one attached hydrogen (secondary N) is 1. The van der Waals surface area contributed by atoms with Crippen LogP contribution in [0.3, 0.4) is 0 Å². The number of amides is 1. The van der Waals surface area contributed by atoms with Crippen molar-refractivity contribution in [2.75, 3.05) is 5.75 Å². The van der Waals surface area contributed by atoms with E-state index < -0.39 is 18.1 Å². The van der Waals surface area contributed by atoms with Crippen molar-refractivity contribution in [2.24, 2.45) is 11.7 Å². The molecule has 0 radical (unpaired) electrons. The number of nitrogens with two attached hydrogens (primary N) is 1. The van der Waals surface area contributed by atoms with E-state index in [0.717, 1.165) is 18.6 Å². The van der Waals surface area contributed by atoms with Gasteiger partial charge in [-0.15, -0.1) is 0 Å². The molecule has 0 bridgehead atoms. The summed E-state index contributed by atoms with van der Waals surface area (Å²) < 4.78 is 0. The van der Waals surface area contributed by atoms with Gasteiger partial charge in [-0.05, 0) is 37.4 Å². The van der Waals surface area contributed by atoms with Gasteiger partial charge in [-0.1, -0.05) is 13.8 Å². The number of aliphatic carboxylic acids is 1. The van der Waals surface area contributed by atoms with Gasteiger partial charge in [-0.2, -0.15) is 11.8 Å². The average Bonchev–Trinajstić information content (AvgIpc) is 2.79. The molecular formula is C13H24N2O3S. The van der Waals surface area contributed by atoms with Gasteiger partial charge < -0.3 is 16.2 Å². The van der Waals surface area contributed by atoms with Crippen LogP contribution in [0.2, 0.25) is 0 Å². The molecule has 0 aromatic rings. The van der Waals surface area contributed by atoms with Crippen molar-refractivity contribution in [3.05, 3.63) is 0 Å². The minimum absolute atomic E-state index is 0.314. The van der Waals surface area contributed by atoms with Crippen LogP contribution in [0.15, 0.2) is 0 Å². The molecule has 1 aliphatic rings. The van der Waals surface area contributed by atoms with Gasteiger partial charge in [0.15, 0.2) is 0 Å². The lowest BCUT2D eigenvalue weighted by Gasteiger charge is -2.20. The van der Waals surface area contributed by atoms with Crippen molar-refractivity contribution in [1.82, 2.24) is 5.32 Å². The molecule has 1 rings (SSSR count). The van der Waals surface area contributed by atoms with Gasteiger partial charge in [-0.25, -0.2) is 4.79 Å². The molecule has 0 aromatic carbocycles. The quantitative estimate of drug-likeness (QED) is 0.655. The van der Waals surface area contributed by atoms with Crippen molar-refractivity contribution in [1.29, 1.82) is 0 Å². The van der Waals surface area contributed by atoms with E-state index in [1.165, 1.54) is 0 Å². The van der Waals surface area contributed by atoms with Gasteiger partial charge in [0.05, 0.1) is 6.04 Å². The van der Waals surface area contributed by atoms with Crippen molar-refractivity contribution < 1.29 is 14.7 Å². The smallest absolute Gasteiger partial charge is 0.326 e. The second-order valence-corrected chi connectivity index (χ2v) is 6.91. The van der Waals surface area contributed by atoms with E-state index in [9.17, 15) is 14.7 Å². The maximum absolute atomic E-state index is 11.9. The standard InChI is InChI=1S/C13H24N2O3S/c1-8(2)6-10(14)12(16)15-11(13(17)18)7-9-4-3-5-19-9/h8-11H,3-7,14H2,1-2H3,(H,15,16)(H,17,18)/t9-,10+,11+/m1/s1. The minimum atomic E-state index is -0.974. The van der Waals surface area contributed by atoms with Crippen LogP contribution in [-0.2, 0) is 9.59 Å². The fourth-order valence-electron chi connectivity index (χ4n) is 2.21. The first-order valence-corrected chi connectivity index (χ1v) is 7.85. The highest BCUT2D eigenvalue weighted by molar-refractivity contribution is 8.00. The van der Waals surface area contributed by atoms with Crippen LogP contribution >= 0.6 is 11.8 Å². The zero-order valence-corrected chi connectivity index (χ0v) is 12.4. The molecule has 19 heavy (non-hydrogen) atoms. The topological polar surface area (TPSA) is 92.4 Å². The highest BCUT2D eigenvalue weighted by Crippen LogP contribution is 2.29. The van der Waals surface area contributed by atoms with Gasteiger partial charge >= 0.3 is 5.97 Å². The largest absolute Gasteiger partial charge is 0.480 e. The lowest BCUT2D eigenvalue weighted by Crippen LogP contribution is -2.49. The minimum Gasteiger partial charge on any atom is -0.480 e. The summed E-state index contributed by atoms with van der Waals surface area (Å²) in [6.07, 6.45) is 3.21. The maximum Gasteiger partial charge on any atom is 0.326 e. The Morgan fingerprint density at radius 2 is 2.16 bits per heavy atom. The molecule has 0 aromatic heterocycles. The summed E-state index contributed by atoms with van der Waals surface area (Å²) >= 11 is 1.79. The van der Waals surface area contributed by atoms with Crippen LogP contribution in [0.25, 0.3) is 0 Å². The van der Waals surface area contributed by atoms with Crippen molar-refractivity contribution in [3.63, 3.8) is 0 Å². The summed E-state index contributed by atoms with van der Waals surface area (Å²) in [5.41, 5.74) is 5.76. The average molecular weight is 288 g/mol. The van der Waals surface area contributed by atoms with E-state index in [1.54, 1.807) is 11.8 Å². The molecule has 110 valence electrons. The Hall–Kier alpha value is -0.750. The molecule has 3 atom stereocenters. The van der Waals surface area contributed by atoms with Crippen molar-refractivity contribution >= 4 is 23.6 Å². The summed E-state index contributed by atoms with van der Waals surface area (Å²) in [5.74, 6) is 0.0637. The van der Waals surface area contributed by atoms with Gasteiger partial charge in [0.25, 0.3) is 0 Å². The van der Waals surface area contributed by atoms with E-state index in [2.05, 4.69) is 5.32 Å². The van der Waals surface area contributed by atoms with E-state index in [0.29, 0.717) is 24.0 Å². The number of carboxylic acids is 1. The van der Waals surface area contributed by atoms with Crippen LogP contribution in [0.1, 0.15) is 39.5 Å². The molecule has 1 saturated heterocycles.